The highest BCUT2D eigenvalue weighted by atomic mass is 28.4. The van der Waals surface area contributed by atoms with E-state index in [0.29, 0.717) is 28.0 Å². The summed E-state index contributed by atoms with van der Waals surface area (Å²) < 4.78 is 25.3. The van der Waals surface area contributed by atoms with Crippen molar-refractivity contribution in [3.05, 3.63) is 70.0 Å². The van der Waals surface area contributed by atoms with Crippen molar-refractivity contribution in [2.24, 2.45) is 7.05 Å². The number of carbonyl (C=O) groups excluding carboxylic acids is 1. The number of alkyl carbamates (subject to hydrolysis) is 1. The van der Waals surface area contributed by atoms with Crippen LogP contribution in [-0.4, -0.2) is 39.7 Å². The van der Waals surface area contributed by atoms with Crippen LogP contribution in [0.4, 0.5) is 4.79 Å². The Bertz CT molecular complexity index is 1300. The van der Waals surface area contributed by atoms with E-state index >= 15 is 0 Å². The number of fused-ring (bicyclic) bond motifs is 1. The van der Waals surface area contributed by atoms with Crippen LogP contribution in [0.1, 0.15) is 38.0 Å². The Kier molecular flexibility index (Phi) is 8.71. The van der Waals surface area contributed by atoms with Crippen LogP contribution in [0, 0.1) is 0 Å². The van der Waals surface area contributed by atoms with E-state index in [1.54, 1.807) is 26.5 Å². The van der Waals surface area contributed by atoms with Gasteiger partial charge < -0.3 is 28.5 Å². The third-order valence-corrected chi connectivity index (χ3v) is 11.4. The largest absolute Gasteiger partial charge is 0.493 e. The first-order valence-electron chi connectivity index (χ1n) is 12.3. The zero-order valence-corrected chi connectivity index (χ0v) is 24.0. The van der Waals surface area contributed by atoms with Gasteiger partial charge in [0, 0.05) is 19.3 Å². The Hall–Kier alpha value is -3.30. The van der Waals surface area contributed by atoms with Crippen molar-refractivity contribution < 1.29 is 23.4 Å². The predicted octanol–water partition coefficient (Wildman–Crippen LogP) is 5.55. The molecule has 9 heteroatoms. The van der Waals surface area contributed by atoms with Gasteiger partial charge in [-0.3, -0.25) is 4.79 Å². The number of hydrogen-bond acceptors (Lipinski definition) is 6. The summed E-state index contributed by atoms with van der Waals surface area (Å²) in [4.78, 5) is 25.9. The molecule has 1 atom stereocenters. The summed E-state index contributed by atoms with van der Waals surface area (Å²) in [6, 6.07) is 12.8. The molecule has 200 valence electrons. The Morgan fingerprint density at radius 2 is 1.76 bits per heavy atom. The highest BCUT2D eigenvalue weighted by molar-refractivity contribution is 6.74. The first-order chi connectivity index (χ1) is 17.4. The van der Waals surface area contributed by atoms with E-state index in [9.17, 15) is 9.59 Å². The Morgan fingerprint density at radius 1 is 1.08 bits per heavy atom. The summed E-state index contributed by atoms with van der Waals surface area (Å²) in [5.41, 5.74) is 1.95. The average molecular weight is 527 g/mol. The minimum atomic E-state index is -2.33. The molecular formula is C28H38N2O6Si. The molecule has 0 aliphatic carbocycles. The smallest absolute Gasteiger partial charge is 0.407 e. The summed E-state index contributed by atoms with van der Waals surface area (Å²) in [7, 11) is 2.61. The Morgan fingerprint density at radius 3 is 2.35 bits per heavy atom. The maximum atomic E-state index is 13.2. The lowest BCUT2D eigenvalue weighted by atomic mass is 10.0. The van der Waals surface area contributed by atoms with Gasteiger partial charge in [0.2, 0.25) is 0 Å². The molecule has 0 aliphatic rings. The number of pyridine rings is 1. The number of nitrogens with one attached hydrogen (secondary N) is 1. The maximum absolute atomic E-state index is 13.2. The van der Waals surface area contributed by atoms with Gasteiger partial charge in [-0.25, -0.2) is 4.79 Å². The first-order valence-corrected chi connectivity index (χ1v) is 15.2. The number of methoxy groups -OCH3 is 2. The van der Waals surface area contributed by atoms with Gasteiger partial charge in [-0.1, -0.05) is 51.1 Å². The molecule has 0 saturated carbocycles. The molecule has 0 spiro atoms. The maximum Gasteiger partial charge on any atom is 0.407 e. The molecular weight excluding hydrogens is 488 g/mol. The van der Waals surface area contributed by atoms with Gasteiger partial charge in [0.05, 0.1) is 37.8 Å². The number of nitrogens with zero attached hydrogens (tertiary/aromatic N) is 1. The van der Waals surface area contributed by atoms with Crippen LogP contribution < -0.4 is 20.2 Å². The van der Waals surface area contributed by atoms with Crippen LogP contribution in [0.15, 0.2) is 53.5 Å². The van der Waals surface area contributed by atoms with Crippen LogP contribution in [0.5, 0.6) is 11.5 Å². The lowest BCUT2D eigenvalue weighted by molar-refractivity contribution is 0.128. The second kappa shape index (κ2) is 11.4. The fourth-order valence-corrected chi connectivity index (χ4v) is 5.15. The third kappa shape index (κ3) is 6.34. The normalized spacial score (nSPS) is 12.8. The van der Waals surface area contributed by atoms with E-state index in [4.69, 9.17) is 18.6 Å². The fourth-order valence-electron chi connectivity index (χ4n) is 3.88. The number of benzene rings is 2. The third-order valence-electron chi connectivity index (χ3n) is 6.96. The molecule has 37 heavy (non-hydrogen) atoms. The minimum Gasteiger partial charge on any atom is -0.493 e. The lowest BCUT2D eigenvalue weighted by Gasteiger charge is -2.39. The zero-order valence-electron chi connectivity index (χ0n) is 23.0. The van der Waals surface area contributed by atoms with Gasteiger partial charge in [0.25, 0.3) is 0 Å². The van der Waals surface area contributed by atoms with Crippen molar-refractivity contribution >= 4 is 25.3 Å². The van der Waals surface area contributed by atoms with Crippen molar-refractivity contribution in [1.29, 1.82) is 0 Å². The van der Waals surface area contributed by atoms with Gasteiger partial charge in [-0.05, 0) is 35.3 Å². The van der Waals surface area contributed by atoms with Crippen LogP contribution in [0.25, 0.3) is 10.9 Å². The fraction of sp³-hybridized carbons (Fsp3) is 0.429. The topological polar surface area (TPSA) is 88.0 Å². The zero-order chi connectivity index (χ0) is 27.4. The van der Waals surface area contributed by atoms with Gasteiger partial charge in [0.15, 0.2) is 25.2 Å². The lowest BCUT2D eigenvalue weighted by Crippen LogP contribution is -2.44. The average Bonchev–Trinajstić information content (AvgIpc) is 2.86. The SMILES string of the molecule is COc1cc(C(CNC(=O)OCc2ccccc2)O[Si](C)(C)C(C)(C)C)c2c(=O)ccn(C)c2c1OC. The van der Waals surface area contributed by atoms with Crippen molar-refractivity contribution in [3.8, 4) is 11.5 Å². The van der Waals surface area contributed by atoms with E-state index in [1.807, 2.05) is 41.9 Å². The molecule has 1 amide bonds. The van der Waals surface area contributed by atoms with Crippen LogP contribution in [0.3, 0.4) is 0 Å². The molecule has 1 aromatic heterocycles. The van der Waals surface area contributed by atoms with Crippen molar-refractivity contribution in [3.63, 3.8) is 0 Å². The highest BCUT2D eigenvalue weighted by Crippen LogP contribution is 2.43. The van der Waals surface area contributed by atoms with Gasteiger partial charge in [-0.15, -0.1) is 0 Å². The molecule has 0 bridgehead atoms. The van der Waals surface area contributed by atoms with E-state index in [1.165, 1.54) is 6.07 Å². The van der Waals surface area contributed by atoms with Crippen molar-refractivity contribution in [2.75, 3.05) is 20.8 Å². The molecule has 0 saturated heterocycles. The number of aromatic nitrogens is 1. The van der Waals surface area contributed by atoms with Gasteiger partial charge in [-0.2, -0.15) is 0 Å². The molecule has 1 unspecified atom stereocenters. The number of aryl methyl sites for hydroxylation is 1. The minimum absolute atomic E-state index is 0.101. The summed E-state index contributed by atoms with van der Waals surface area (Å²) in [5, 5.41) is 3.21. The Balaban J connectivity index is 2.04. The molecule has 0 aliphatic heterocycles. The molecule has 3 rings (SSSR count). The summed E-state index contributed by atoms with van der Waals surface area (Å²) in [6.45, 7) is 11.0. The number of ether oxygens (including phenoxy) is 3. The highest BCUT2D eigenvalue weighted by Gasteiger charge is 2.40. The van der Waals surface area contributed by atoms with Crippen LogP contribution in [-0.2, 0) is 22.8 Å². The first kappa shape index (κ1) is 28.3. The molecule has 8 nitrogen and oxygen atoms in total. The second-order valence-electron chi connectivity index (χ2n) is 10.5. The van der Waals surface area contributed by atoms with Crippen molar-refractivity contribution in [1.82, 2.24) is 9.88 Å². The summed E-state index contributed by atoms with van der Waals surface area (Å²) in [5.74, 6) is 0.935. The molecule has 2 aromatic carbocycles. The van der Waals surface area contributed by atoms with Gasteiger partial charge in [0.1, 0.15) is 6.61 Å². The number of rotatable bonds is 9. The number of amides is 1. The van der Waals surface area contributed by atoms with E-state index in [0.717, 1.165) is 5.56 Å². The number of carbonyl (C=O) groups is 1. The van der Waals surface area contributed by atoms with Crippen LogP contribution in [0.2, 0.25) is 18.1 Å². The number of hydrogen-bond donors (Lipinski definition) is 1. The molecule has 0 radical (unpaired) electrons. The quantitative estimate of drug-likeness (QED) is 0.368. The summed E-state index contributed by atoms with van der Waals surface area (Å²) in [6.07, 6.45) is 0.507. The van der Waals surface area contributed by atoms with E-state index in [2.05, 4.69) is 39.2 Å². The summed E-state index contributed by atoms with van der Waals surface area (Å²) >= 11 is 0. The Labute approximate surface area is 219 Å². The molecule has 0 fully saturated rings. The van der Waals surface area contributed by atoms with Crippen molar-refractivity contribution in [2.45, 2.75) is 51.6 Å². The van der Waals surface area contributed by atoms with E-state index in [-0.39, 0.29) is 23.6 Å². The standard InChI is InChI=1S/C28H38N2O6Si/c1-28(2,3)37(7,8)36-23(17-29-27(32)35-18-19-12-10-9-11-13-19)20-16-22(33-5)26(34-6)25-24(20)21(31)14-15-30(25)4/h9-16,23H,17-18H2,1-8H3,(H,29,32). The monoisotopic (exact) mass is 526 g/mol. The molecule has 3 aromatic rings. The predicted molar refractivity (Wildman–Crippen MR) is 148 cm³/mol. The molecule has 1 N–H and O–H groups in total. The van der Waals surface area contributed by atoms with E-state index < -0.39 is 20.5 Å². The second-order valence-corrected chi connectivity index (χ2v) is 15.3. The van der Waals surface area contributed by atoms with Crippen LogP contribution >= 0.6 is 0 Å². The van der Waals surface area contributed by atoms with Gasteiger partial charge >= 0.3 is 6.09 Å². The molecule has 1 heterocycles.